The second-order valence-corrected chi connectivity index (χ2v) is 3.99. The zero-order valence-corrected chi connectivity index (χ0v) is 9.73. The number of hydrogen-bond acceptors (Lipinski definition) is 5. The van der Waals surface area contributed by atoms with E-state index >= 15 is 0 Å². The van der Waals surface area contributed by atoms with Crippen LogP contribution in [0.2, 0.25) is 0 Å². The van der Waals surface area contributed by atoms with Gasteiger partial charge in [-0.25, -0.2) is 4.79 Å². The minimum absolute atomic E-state index is 0.169. The quantitative estimate of drug-likeness (QED) is 0.658. The van der Waals surface area contributed by atoms with Crippen molar-refractivity contribution in [2.24, 2.45) is 5.16 Å². The molecular weight excluding hydrogens is 242 g/mol. The average molecular weight is 251 g/mol. The lowest BCUT2D eigenvalue weighted by atomic mass is 10.3. The van der Waals surface area contributed by atoms with Crippen LogP contribution in [0.25, 0.3) is 0 Å². The number of para-hydroxylation sites is 1. The number of carboxylic acids is 1. The first-order valence-electron chi connectivity index (χ1n) is 4.71. The van der Waals surface area contributed by atoms with Crippen LogP contribution in [-0.4, -0.2) is 23.9 Å². The van der Waals surface area contributed by atoms with Crippen molar-refractivity contribution in [2.75, 3.05) is 7.11 Å². The molecule has 6 heteroatoms. The molecule has 0 saturated carbocycles. The largest absolute Gasteiger partial charge is 0.476 e. The molecule has 0 amide bonds. The fourth-order valence-corrected chi connectivity index (χ4v) is 2.05. The van der Waals surface area contributed by atoms with Crippen LogP contribution in [0.4, 0.5) is 0 Å². The van der Waals surface area contributed by atoms with Crippen LogP contribution >= 0.6 is 11.8 Å². The maximum atomic E-state index is 11.0. The van der Waals surface area contributed by atoms with Gasteiger partial charge in [-0.15, -0.1) is 0 Å². The van der Waals surface area contributed by atoms with E-state index in [9.17, 15) is 4.79 Å². The van der Waals surface area contributed by atoms with Crippen LogP contribution in [-0.2, 0) is 9.63 Å². The zero-order valence-electron chi connectivity index (χ0n) is 8.91. The van der Waals surface area contributed by atoms with Crippen molar-refractivity contribution in [3.8, 4) is 5.75 Å². The number of rotatable bonds is 3. The summed E-state index contributed by atoms with van der Waals surface area (Å²) < 4.78 is 5.46. The summed E-state index contributed by atoms with van der Waals surface area (Å²) in [6.45, 7) is 0. The monoisotopic (exact) mass is 251 g/mol. The van der Waals surface area contributed by atoms with Gasteiger partial charge >= 0.3 is 5.97 Å². The molecule has 0 atom stereocenters. The van der Waals surface area contributed by atoms with E-state index in [1.165, 1.54) is 18.9 Å². The van der Waals surface area contributed by atoms with Gasteiger partial charge in [0.15, 0.2) is 5.76 Å². The highest BCUT2D eigenvalue weighted by Gasteiger charge is 2.23. The number of carbonyl (C=O) groups is 1. The number of ether oxygens (including phenoxy) is 1. The summed E-state index contributed by atoms with van der Waals surface area (Å²) in [5.74, 6) is -0.416. The molecule has 1 aromatic carbocycles. The summed E-state index contributed by atoms with van der Waals surface area (Å²) in [5, 5.41) is 14.0. The number of oxime groups is 1. The molecule has 0 unspecified atom stereocenters. The number of benzene rings is 1. The normalized spacial score (nSPS) is 14.4. The molecule has 0 spiro atoms. The molecule has 0 aliphatic carbocycles. The summed E-state index contributed by atoms with van der Waals surface area (Å²) in [6.07, 6.45) is 0. The Hall–Kier alpha value is -1.95. The maximum Gasteiger partial charge on any atom is 0.361 e. The van der Waals surface area contributed by atoms with Gasteiger partial charge in [0.05, 0.1) is 4.90 Å². The number of thioether (sulfide) groups is 1. The fourth-order valence-electron chi connectivity index (χ4n) is 1.28. The highest BCUT2D eigenvalue weighted by molar-refractivity contribution is 8.02. The predicted molar refractivity (Wildman–Crippen MR) is 63.1 cm³/mol. The smallest absolute Gasteiger partial charge is 0.361 e. The van der Waals surface area contributed by atoms with Crippen LogP contribution in [0.15, 0.2) is 45.5 Å². The van der Waals surface area contributed by atoms with Gasteiger partial charge in [-0.2, -0.15) is 0 Å². The first-order chi connectivity index (χ1) is 8.22. The molecule has 0 bridgehead atoms. The van der Waals surface area contributed by atoms with Crippen LogP contribution in [0, 0.1) is 0 Å². The first-order valence-corrected chi connectivity index (χ1v) is 5.59. The van der Waals surface area contributed by atoms with Crippen molar-refractivity contribution >= 4 is 23.4 Å². The highest BCUT2D eigenvalue weighted by Crippen LogP contribution is 2.36. The van der Waals surface area contributed by atoms with Crippen LogP contribution < -0.4 is 4.74 Å². The van der Waals surface area contributed by atoms with E-state index in [0.29, 0.717) is 5.75 Å². The van der Waals surface area contributed by atoms with Crippen molar-refractivity contribution in [3.05, 3.63) is 35.4 Å². The van der Waals surface area contributed by atoms with Crippen molar-refractivity contribution in [2.45, 2.75) is 4.90 Å². The van der Waals surface area contributed by atoms with Crippen molar-refractivity contribution in [3.63, 3.8) is 0 Å². The Labute approximate surface area is 102 Å². The molecular formula is C11H9NO4S. The van der Waals surface area contributed by atoms with Gasteiger partial charge in [0.25, 0.3) is 0 Å². The van der Waals surface area contributed by atoms with E-state index in [2.05, 4.69) is 9.99 Å². The Balaban J connectivity index is 2.29. The molecule has 0 saturated heterocycles. The Morgan fingerprint density at radius 2 is 2.24 bits per heavy atom. The molecule has 1 N–H and O–H groups in total. The number of aliphatic carboxylic acids is 1. The van der Waals surface area contributed by atoms with Crippen molar-refractivity contribution in [1.29, 1.82) is 0 Å². The Bertz CT molecular complexity index is 510. The molecule has 17 heavy (non-hydrogen) atoms. The van der Waals surface area contributed by atoms with E-state index < -0.39 is 5.97 Å². The SMILES string of the molecule is CON=C(C(=O)O)C1=CSc2ccccc2O1. The molecule has 1 aliphatic rings. The van der Waals surface area contributed by atoms with Crippen LogP contribution in [0.1, 0.15) is 0 Å². The second kappa shape index (κ2) is 4.92. The number of carboxylic acid groups (broad SMARTS) is 1. The van der Waals surface area contributed by atoms with E-state index in [1.807, 2.05) is 18.2 Å². The number of nitrogens with zero attached hydrogens (tertiary/aromatic N) is 1. The topological polar surface area (TPSA) is 68.1 Å². The van der Waals surface area contributed by atoms with Gasteiger partial charge in [-0.1, -0.05) is 29.1 Å². The van der Waals surface area contributed by atoms with Gasteiger partial charge in [0.1, 0.15) is 12.9 Å². The molecule has 5 nitrogen and oxygen atoms in total. The third-order valence-electron chi connectivity index (χ3n) is 1.98. The molecule has 0 aromatic heterocycles. The Morgan fingerprint density at radius 3 is 2.94 bits per heavy atom. The van der Waals surface area contributed by atoms with Gasteiger partial charge in [0.2, 0.25) is 5.71 Å². The van der Waals surface area contributed by atoms with E-state index in [-0.39, 0.29) is 11.5 Å². The van der Waals surface area contributed by atoms with E-state index in [4.69, 9.17) is 9.84 Å². The Morgan fingerprint density at radius 1 is 1.47 bits per heavy atom. The maximum absolute atomic E-state index is 11.0. The highest BCUT2D eigenvalue weighted by atomic mass is 32.2. The predicted octanol–water partition coefficient (Wildman–Crippen LogP) is 2.10. The van der Waals surface area contributed by atoms with Crippen LogP contribution in [0.5, 0.6) is 5.75 Å². The summed E-state index contributed by atoms with van der Waals surface area (Å²) in [6, 6.07) is 7.36. The van der Waals surface area contributed by atoms with Crippen molar-refractivity contribution in [1.82, 2.24) is 0 Å². The van der Waals surface area contributed by atoms with Gasteiger partial charge < -0.3 is 14.7 Å². The molecule has 2 rings (SSSR count). The fraction of sp³-hybridized carbons (Fsp3) is 0.0909. The lowest BCUT2D eigenvalue weighted by molar-refractivity contribution is -0.129. The number of fused-ring (bicyclic) bond motifs is 1. The zero-order chi connectivity index (χ0) is 12.3. The van der Waals surface area contributed by atoms with E-state index in [1.54, 1.807) is 11.5 Å². The minimum Gasteiger partial charge on any atom is -0.476 e. The molecule has 0 radical (unpaired) electrons. The lowest BCUT2D eigenvalue weighted by Crippen LogP contribution is -2.20. The Kier molecular flexibility index (Phi) is 3.34. The van der Waals surface area contributed by atoms with Gasteiger partial charge in [0, 0.05) is 5.41 Å². The summed E-state index contributed by atoms with van der Waals surface area (Å²) >= 11 is 1.38. The third-order valence-corrected chi connectivity index (χ3v) is 2.90. The first kappa shape index (κ1) is 11.5. The van der Waals surface area contributed by atoms with Gasteiger partial charge in [-0.05, 0) is 12.1 Å². The number of hydrogen-bond donors (Lipinski definition) is 1. The third kappa shape index (κ3) is 2.42. The summed E-state index contributed by atoms with van der Waals surface area (Å²) in [7, 11) is 1.29. The molecule has 1 heterocycles. The average Bonchev–Trinajstić information content (AvgIpc) is 2.35. The van der Waals surface area contributed by atoms with Gasteiger partial charge in [-0.3, -0.25) is 0 Å². The lowest BCUT2D eigenvalue weighted by Gasteiger charge is -2.16. The molecule has 1 aliphatic heterocycles. The van der Waals surface area contributed by atoms with E-state index in [0.717, 1.165) is 4.90 Å². The minimum atomic E-state index is -1.20. The summed E-state index contributed by atoms with van der Waals surface area (Å²) in [4.78, 5) is 16.4. The second-order valence-electron chi connectivity index (χ2n) is 3.08. The van der Waals surface area contributed by atoms with Crippen LogP contribution in [0.3, 0.4) is 0 Å². The summed E-state index contributed by atoms with van der Waals surface area (Å²) in [5.41, 5.74) is -0.255. The molecule has 88 valence electrons. The molecule has 0 fully saturated rings. The van der Waals surface area contributed by atoms with Crippen molar-refractivity contribution < 1.29 is 19.5 Å². The standard InChI is InChI=1S/C11H9NO4S/c1-15-12-10(11(13)14)8-6-17-9-5-3-2-4-7(9)16-8/h2-6H,1H3,(H,13,14). The molecule has 1 aromatic rings.